The molecule has 2 N–H and O–H groups in total. The Balaban J connectivity index is 0.000000244. The summed E-state index contributed by atoms with van der Waals surface area (Å²) in [6.45, 7) is 0. The fourth-order valence-electron chi connectivity index (χ4n) is 2.88. The number of amides is 1. The van der Waals surface area contributed by atoms with Crippen LogP contribution in [0.1, 0.15) is 32.1 Å². The van der Waals surface area contributed by atoms with Gasteiger partial charge in [0.25, 0.3) is 0 Å². The van der Waals surface area contributed by atoms with E-state index in [4.69, 9.17) is 26.7 Å². The highest BCUT2D eigenvalue weighted by Gasteiger charge is 2.44. The molecule has 10 heteroatoms. The van der Waals surface area contributed by atoms with Gasteiger partial charge in [0.2, 0.25) is 0 Å². The Labute approximate surface area is 162 Å². The first-order valence-corrected chi connectivity index (χ1v) is 10.2. The number of carboxylic acid groups (broad SMARTS) is 1. The lowest BCUT2D eigenvalue weighted by Gasteiger charge is -2.13. The van der Waals surface area contributed by atoms with Crippen molar-refractivity contribution < 1.29 is 27.4 Å². The van der Waals surface area contributed by atoms with Gasteiger partial charge >= 0.3 is 6.09 Å². The predicted molar refractivity (Wildman–Crippen MR) is 95.8 cm³/mol. The number of nitrogens with zero attached hydrogens (tertiary/aromatic N) is 1. The molecule has 1 aromatic rings. The summed E-state index contributed by atoms with van der Waals surface area (Å²) in [5.41, 5.74) is -0.730. The summed E-state index contributed by atoms with van der Waals surface area (Å²) < 4.78 is 42.8. The lowest BCUT2D eigenvalue weighted by atomic mass is 10.3. The number of halogens is 2. The van der Waals surface area contributed by atoms with E-state index in [2.05, 4.69) is 5.32 Å². The second-order valence-corrected chi connectivity index (χ2v) is 9.14. The lowest BCUT2D eigenvalue weighted by Crippen LogP contribution is -2.33. The summed E-state index contributed by atoms with van der Waals surface area (Å²) in [5.74, 6) is -0.542. The molecule has 3 rings (SSSR count). The zero-order chi connectivity index (χ0) is 20.2. The molecule has 27 heavy (non-hydrogen) atoms. The van der Waals surface area contributed by atoms with E-state index in [0.717, 1.165) is 18.6 Å². The van der Waals surface area contributed by atoms with E-state index >= 15 is 0 Å². The summed E-state index contributed by atoms with van der Waals surface area (Å²) in [6, 6.07) is 5.26. The molecule has 0 bridgehead atoms. The zero-order valence-electron chi connectivity index (χ0n) is 14.6. The number of methoxy groups -OCH3 is 1. The summed E-state index contributed by atoms with van der Waals surface area (Å²) in [7, 11) is -1.93. The standard InChI is InChI=1S/C12H14ClFO3S.C5H6N2O2/c1-17-9-3-4-10(7-9)18(15,16)12-5-2-8(14)6-11(12)13;6-3-5(1-2-5)7-4(8)9/h2,5-6,9-10H,3-4,7H2,1H3;7H,1-2H2,(H,8,9)/t9-,10-;/m1./s1. The Morgan fingerprint density at radius 3 is 2.52 bits per heavy atom. The number of carbonyl (C=O) groups is 1. The van der Waals surface area contributed by atoms with Gasteiger partial charge in [-0.3, -0.25) is 0 Å². The van der Waals surface area contributed by atoms with Crippen molar-refractivity contribution in [2.45, 2.75) is 53.9 Å². The lowest BCUT2D eigenvalue weighted by molar-refractivity contribution is 0.109. The van der Waals surface area contributed by atoms with Crippen LogP contribution in [0.25, 0.3) is 0 Å². The molecule has 0 unspecified atom stereocenters. The highest BCUT2D eigenvalue weighted by Crippen LogP contribution is 2.34. The monoisotopic (exact) mass is 418 g/mol. The first-order valence-electron chi connectivity index (χ1n) is 8.27. The van der Waals surface area contributed by atoms with Gasteiger partial charge in [-0.15, -0.1) is 0 Å². The van der Waals surface area contributed by atoms with Crippen LogP contribution in [0.5, 0.6) is 0 Å². The number of sulfone groups is 1. The van der Waals surface area contributed by atoms with E-state index in [1.807, 2.05) is 6.07 Å². The number of rotatable bonds is 4. The normalized spacial score (nSPS) is 22.9. The number of hydrogen-bond acceptors (Lipinski definition) is 5. The van der Waals surface area contributed by atoms with Crippen LogP contribution in [0.4, 0.5) is 9.18 Å². The van der Waals surface area contributed by atoms with E-state index < -0.39 is 32.5 Å². The zero-order valence-corrected chi connectivity index (χ0v) is 16.2. The molecular formula is C17H20ClFN2O5S. The fraction of sp³-hybridized carbons (Fsp3) is 0.529. The van der Waals surface area contributed by atoms with Crippen molar-refractivity contribution in [2.75, 3.05) is 7.11 Å². The highest BCUT2D eigenvalue weighted by atomic mass is 35.5. The molecule has 2 atom stereocenters. The summed E-state index contributed by atoms with van der Waals surface area (Å²) in [4.78, 5) is 9.96. The topological polar surface area (TPSA) is 116 Å². The van der Waals surface area contributed by atoms with Crippen LogP contribution < -0.4 is 5.32 Å². The molecule has 0 spiro atoms. The van der Waals surface area contributed by atoms with Crippen LogP contribution in [0.15, 0.2) is 23.1 Å². The molecular weight excluding hydrogens is 399 g/mol. The van der Waals surface area contributed by atoms with Crippen molar-refractivity contribution in [3.05, 3.63) is 29.0 Å². The molecule has 148 valence electrons. The van der Waals surface area contributed by atoms with Crippen molar-refractivity contribution >= 4 is 27.5 Å². The van der Waals surface area contributed by atoms with Gasteiger partial charge in [0, 0.05) is 7.11 Å². The summed E-state index contributed by atoms with van der Waals surface area (Å²) in [5, 5.41) is 18.1. The van der Waals surface area contributed by atoms with Crippen LogP contribution in [0.2, 0.25) is 5.02 Å². The number of nitrogens with one attached hydrogen (secondary N) is 1. The molecule has 2 aliphatic carbocycles. The van der Waals surface area contributed by atoms with E-state index in [1.165, 1.54) is 6.07 Å². The smallest absolute Gasteiger partial charge is 0.405 e. The maximum absolute atomic E-state index is 12.9. The minimum atomic E-state index is -3.51. The van der Waals surface area contributed by atoms with Crippen molar-refractivity contribution in [3.8, 4) is 6.07 Å². The molecule has 2 saturated carbocycles. The molecule has 0 radical (unpaired) electrons. The van der Waals surface area contributed by atoms with Gasteiger partial charge < -0.3 is 15.2 Å². The molecule has 0 aromatic heterocycles. The number of ether oxygens (including phenoxy) is 1. The van der Waals surface area contributed by atoms with E-state index in [1.54, 1.807) is 7.11 Å². The summed E-state index contributed by atoms with van der Waals surface area (Å²) >= 11 is 5.81. The van der Waals surface area contributed by atoms with Crippen molar-refractivity contribution in [2.24, 2.45) is 0 Å². The molecule has 1 amide bonds. The first-order chi connectivity index (χ1) is 12.6. The van der Waals surface area contributed by atoms with E-state index in [0.29, 0.717) is 25.7 Å². The van der Waals surface area contributed by atoms with Gasteiger partial charge in [0.1, 0.15) is 11.4 Å². The second kappa shape index (κ2) is 8.42. The third kappa shape index (κ3) is 5.31. The van der Waals surface area contributed by atoms with Gasteiger partial charge in [-0.2, -0.15) is 5.26 Å². The van der Waals surface area contributed by atoms with Crippen molar-refractivity contribution in [3.63, 3.8) is 0 Å². The number of nitriles is 1. The maximum atomic E-state index is 12.9. The van der Waals surface area contributed by atoms with Crippen LogP contribution in [-0.2, 0) is 14.6 Å². The van der Waals surface area contributed by atoms with Crippen LogP contribution >= 0.6 is 11.6 Å². The van der Waals surface area contributed by atoms with E-state index in [9.17, 15) is 17.6 Å². The van der Waals surface area contributed by atoms with Gasteiger partial charge in [-0.1, -0.05) is 11.6 Å². The molecule has 1 aromatic carbocycles. The Kier molecular flexibility index (Phi) is 6.68. The fourth-order valence-corrected chi connectivity index (χ4v) is 5.23. The van der Waals surface area contributed by atoms with Crippen molar-refractivity contribution in [1.82, 2.24) is 5.32 Å². The minimum absolute atomic E-state index is 0.00678. The van der Waals surface area contributed by atoms with E-state index in [-0.39, 0.29) is 16.0 Å². The summed E-state index contributed by atoms with van der Waals surface area (Å²) in [6.07, 6.45) is 1.89. The quantitative estimate of drug-likeness (QED) is 0.725. The average Bonchev–Trinajstić information content (AvgIpc) is 3.18. The Morgan fingerprint density at radius 1 is 1.44 bits per heavy atom. The van der Waals surface area contributed by atoms with Crippen LogP contribution in [0, 0.1) is 17.1 Å². The maximum Gasteiger partial charge on any atom is 0.405 e. The third-order valence-electron chi connectivity index (χ3n) is 4.62. The first kappa shape index (κ1) is 21.4. The second-order valence-electron chi connectivity index (χ2n) is 6.54. The SMILES string of the molecule is CO[C@@H]1CC[C@@H](S(=O)(=O)c2ccc(F)cc2Cl)C1.N#CC1(NC(=O)O)CC1. The molecule has 7 nitrogen and oxygen atoms in total. The van der Waals surface area contributed by atoms with Gasteiger partial charge in [0.15, 0.2) is 9.84 Å². The number of benzene rings is 1. The average molecular weight is 419 g/mol. The van der Waals surface area contributed by atoms with Crippen molar-refractivity contribution in [1.29, 1.82) is 5.26 Å². The largest absolute Gasteiger partial charge is 0.465 e. The molecule has 0 heterocycles. The minimum Gasteiger partial charge on any atom is -0.465 e. The van der Waals surface area contributed by atoms with Gasteiger partial charge in [-0.25, -0.2) is 17.6 Å². The Morgan fingerprint density at radius 2 is 2.11 bits per heavy atom. The van der Waals surface area contributed by atoms with Gasteiger partial charge in [0.05, 0.1) is 27.3 Å². The Bertz CT molecular complexity index is 851. The highest BCUT2D eigenvalue weighted by molar-refractivity contribution is 7.92. The molecule has 0 aliphatic heterocycles. The van der Waals surface area contributed by atoms with Crippen LogP contribution in [-0.4, -0.2) is 43.6 Å². The van der Waals surface area contributed by atoms with Gasteiger partial charge in [-0.05, 0) is 50.3 Å². The van der Waals surface area contributed by atoms with Crippen LogP contribution in [0.3, 0.4) is 0 Å². The molecule has 2 fully saturated rings. The predicted octanol–water partition coefficient (Wildman–Crippen LogP) is 3.13. The molecule has 2 aliphatic rings. The third-order valence-corrected chi connectivity index (χ3v) is 7.32. The molecule has 0 saturated heterocycles. The number of hydrogen-bond donors (Lipinski definition) is 2. The Hall–Kier alpha value is -1.89.